The van der Waals surface area contributed by atoms with Gasteiger partial charge in [0.2, 0.25) is 0 Å². The van der Waals surface area contributed by atoms with Gasteiger partial charge < -0.3 is 4.74 Å². The summed E-state index contributed by atoms with van der Waals surface area (Å²) in [6.07, 6.45) is 1.74. The van der Waals surface area contributed by atoms with E-state index in [2.05, 4.69) is 0 Å². The van der Waals surface area contributed by atoms with Gasteiger partial charge in [0.15, 0.2) is 0 Å². The summed E-state index contributed by atoms with van der Waals surface area (Å²) in [7, 11) is 1.60. The summed E-state index contributed by atoms with van der Waals surface area (Å²) >= 11 is 0.977. The molecule has 0 aromatic heterocycles. The lowest BCUT2D eigenvalue weighted by Crippen LogP contribution is -2.27. The van der Waals surface area contributed by atoms with Crippen LogP contribution in [0.25, 0.3) is 6.08 Å². The maximum atomic E-state index is 12.5. The first kappa shape index (κ1) is 16.3. The van der Waals surface area contributed by atoms with Crippen molar-refractivity contribution < 1.29 is 14.3 Å². The van der Waals surface area contributed by atoms with E-state index in [0.717, 1.165) is 34.2 Å². The maximum absolute atomic E-state index is 12.5. The Balaban J connectivity index is 1.79. The highest BCUT2D eigenvalue weighted by Crippen LogP contribution is 2.33. The van der Waals surface area contributed by atoms with Crippen molar-refractivity contribution in [3.63, 3.8) is 0 Å². The number of nitrogens with zero attached hydrogens (tertiary/aromatic N) is 1. The quantitative estimate of drug-likeness (QED) is 0.782. The summed E-state index contributed by atoms with van der Waals surface area (Å²) in [5.41, 5.74) is 2.91. The lowest BCUT2D eigenvalue weighted by atomic mass is 10.1. The normalized spacial score (nSPS) is 16.1. The van der Waals surface area contributed by atoms with Crippen molar-refractivity contribution in [1.29, 1.82) is 0 Å². The van der Waals surface area contributed by atoms with Gasteiger partial charge >= 0.3 is 0 Å². The number of thioether (sulfide) groups is 1. The number of benzene rings is 2. The number of methoxy groups -OCH3 is 1. The van der Waals surface area contributed by atoms with E-state index in [4.69, 9.17) is 4.74 Å². The van der Waals surface area contributed by atoms with E-state index in [9.17, 15) is 9.59 Å². The van der Waals surface area contributed by atoms with Crippen LogP contribution in [0.3, 0.4) is 0 Å². The molecule has 5 heteroatoms. The average Bonchev–Trinajstić information content (AvgIpc) is 2.83. The van der Waals surface area contributed by atoms with Crippen molar-refractivity contribution in [2.45, 2.75) is 13.5 Å². The lowest BCUT2D eigenvalue weighted by Gasteiger charge is -2.12. The SMILES string of the molecule is COc1ccc(/C=C2/SC(=O)N(Cc3cccc(C)c3)C2=O)cc1. The maximum Gasteiger partial charge on any atom is 0.293 e. The molecule has 0 N–H and O–H groups in total. The first-order valence-corrected chi connectivity index (χ1v) is 8.33. The standard InChI is InChI=1S/C19H17NO3S/c1-13-4-3-5-15(10-13)12-20-18(21)17(24-19(20)22)11-14-6-8-16(23-2)9-7-14/h3-11H,12H2,1-2H3/b17-11+. The number of rotatable bonds is 4. The minimum absolute atomic E-state index is 0.235. The van der Waals surface area contributed by atoms with Crippen molar-refractivity contribution in [1.82, 2.24) is 4.90 Å². The molecule has 0 atom stereocenters. The Morgan fingerprint density at radius 3 is 2.54 bits per heavy atom. The highest BCUT2D eigenvalue weighted by Gasteiger charge is 2.34. The molecule has 0 spiro atoms. The molecule has 0 aliphatic carbocycles. The minimum atomic E-state index is -0.248. The smallest absolute Gasteiger partial charge is 0.293 e. The Kier molecular flexibility index (Phi) is 4.71. The van der Waals surface area contributed by atoms with Gasteiger partial charge in [-0.3, -0.25) is 14.5 Å². The molecule has 0 radical (unpaired) electrons. The fraction of sp³-hybridized carbons (Fsp3) is 0.158. The Hall–Kier alpha value is -2.53. The van der Waals surface area contributed by atoms with Gasteiger partial charge in [-0.05, 0) is 48.0 Å². The summed E-state index contributed by atoms with van der Waals surface area (Å²) in [4.78, 5) is 26.4. The van der Waals surface area contributed by atoms with Crippen LogP contribution >= 0.6 is 11.8 Å². The molecule has 4 nitrogen and oxygen atoms in total. The topological polar surface area (TPSA) is 46.6 Å². The largest absolute Gasteiger partial charge is 0.497 e. The molecular formula is C19H17NO3S. The second-order valence-electron chi connectivity index (χ2n) is 5.53. The number of hydrogen-bond acceptors (Lipinski definition) is 4. The molecular weight excluding hydrogens is 322 g/mol. The van der Waals surface area contributed by atoms with Gasteiger partial charge in [-0.15, -0.1) is 0 Å². The van der Waals surface area contributed by atoms with E-state index in [0.29, 0.717) is 11.4 Å². The first-order valence-electron chi connectivity index (χ1n) is 7.52. The number of ether oxygens (including phenoxy) is 1. The van der Waals surface area contributed by atoms with E-state index < -0.39 is 0 Å². The zero-order valence-corrected chi connectivity index (χ0v) is 14.3. The van der Waals surface area contributed by atoms with E-state index in [-0.39, 0.29) is 11.1 Å². The van der Waals surface area contributed by atoms with Crippen molar-refractivity contribution in [3.05, 3.63) is 70.1 Å². The number of carbonyl (C=O) groups excluding carboxylic acids is 2. The van der Waals surface area contributed by atoms with Crippen LogP contribution < -0.4 is 4.74 Å². The van der Waals surface area contributed by atoms with E-state index in [1.807, 2.05) is 55.5 Å². The lowest BCUT2D eigenvalue weighted by molar-refractivity contribution is -0.123. The Morgan fingerprint density at radius 1 is 1.12 bits per heavy atom. The zero-order chi connectivity index (χ0) is 17.1. The van der Waals surface area contributed by atoms with Crippen LogP contribution in [0.5, 0.6) is 5.75 Å². The molecule has 1 heterocycles. The third-order valence-corrected chi connectivity index (χ3v) is 4.62. The predicted octanol–water partition coefficient (Wildman–Crippen LogP) is 4.24. The second kappa shape index (κ2) is 6.93. The highest BCUT2D eigenvalue weighted by atomic mass is 32.2. The fourth-order valence-electron chi connectivity index (χ4n) is 2.48. The van der Waals surface area contributed by atoms with Gasteiger partial charge in [-0.25, -0.2) is 0 Å². The summed E-state index contributed by atoms with van der Waals surface area (Å²) < 4.78 is 5.12. The summed E-state index contributed by atoms with van der Waals surface area (Å²) in [5.74, 6) is 0.502. The molecule has 24 heavy (non-hydrogen) atoms. The van der Waals surface area contributed by atoms with Crippen molar-refractivity contribution >= 4 is 29.0 Å². The molecule has 2 aromatic rings. The molecule has 1 saturated heterocycles. The second-order valence-corrected chi connectivity index (χ2v) is 6.52. The molecule has 0 unspecified atom stereocenters. The molecule has 0 bridgehead atoms. The van der Waals surface area contributed by atoms with Gasteiger partial charge in [0.1, 0.15) is 5.75 Å². The zero-order valence-electron chi connectivity index (χ0n) is 13.5. The van der Waals surface area contributed by atoms with Crippen LogP contribution in [0.4, 0.5) is 4.79 Å². The Morgan fingerprint density at radius 2 is 1.88 bits per heavy atom. The summed E-state index contributed by atoms with van der Waals surface area (Å²) in [6, 6.07) is 15.2. The Bertz CT molecular complexity index is 812. The van der Waals surface area contributed by atoms with Crippen LogP contribution in [0.15, 0.2) is 53.4 Å². The van der Waals surface area contributed by atoms with Gasteiger partial charge in [0, 0.05) is 0 Å². The molecule has 1 aliphatic rings. The molecule has 2 amide bonds. The van der Waals surface area contributed by atoms with E-state index in [1.165, 1.54) is 4.90 Å². The monoisotopic (exact) mass is 339 g/mol. The summed E-state index contributed by atoms with van der Waals surface area (Å²) in [5, 5.41) is -0.235. The van der Waals surface area contributed by atoms with Crippen LogP contribution in [0.1, 0.15) is 16.7 Å². The third-order valence-electron chi connectivity index (χ3n) is 3.71. The number of aryl methyl sites for hydroxylation is 1. The molecule has 122 valence electrons. The number of amides is 2. The van der Waals surface area contributed by atoms with Crippen LogP contribution in [-0.4, -0.2) is 23.2 Å². The van der Waals surface area contributed by atoms with Crippen molar-refractivity contribution in [2.24, 2.45) is 0 Å². The fourth-order valence-corrected chi connectivity index (χ4v) is 3.32. The van der Waals surface area contributed by atoms with Crippen LogP contribution in [0, 0.1) is 6.92 Å². The third kappa shape index (κ3) is 3.51. The highest BCUT2D eigenvalue weighted by molar-refractivity contribution is 8.18. The van der Waals surface area contributed by atoms with E-state index in [1.54, 1.807) is 13.2 Å². The van der Waals surface area contributed by atoms with E-state index >= 15 is 0 Å². The minimum Gasteiger partial charge on any atom is -0.497 e. The van der Waals surface area contributed by atoms with Gasteiger partial charge in [0.25, 0.3) is 11.1 Å². The molecule has 2 aromatic carbocycles. The molecule has 1 aliphatic heterocycles. The van der Waals surface area contributed by atoms with Crippen molar-refractivity contribution in [2.75, 3.05) is 7.11 Å². The molecule has 0 saturated carbocycles. The molecule has 3 rings (SSSR count). The number of carbonyl (C=O) groups is 2. The average molecular weight is 339 g/mol. The summed E-state index contributed by atoms with van der Waals surface area (Å²) in [6.45, 7) is 2.28. The van der Waals surface area contributed by atoms with Gasteiger partial charge in [-0.2, -0.15) is 0 Å². The van der Waals surface area contributed by atoms with Gasteiger partial charge in [-0.1, -0.05) is 42.0 Å². The number of imide groups is 1. The predicted molar refractivity (Wildman–Crippen MR) is 95.7 cm³/mol. The van der Waals surface area contributed by atoms with Gasteiger partial charge in [0.05, 0.1) is 18.6 Å². The number of hydrogen-bond donors (Lipinski definition) is 0. The van der Waals surface area contributed by atoms with Crippen molar-refractivity contribution in [3.8, 4) is 5.75 Å². The first-order chi connectivity index (χ1) is 11.6. The molecule has 1 fully saturated rings. The Labute approximate surface area is 145 Å². The van der Waals surface area contributed by atoms with Crippen LogP contribution in [-0.2, 0) is 11.3 Å². The van der Waals surface area contributed by atoms with Crippen LogP contribution in [0.2, 0.25) is 0 Å².